The Hall–Kier alpha value is -2.92. The molecule has 30 heavy (non-hydrogen) atoms. The van der Waals surface area contributed by atoms with Crippen LogP contribution in [0.3, 0.4) is 0 Å². The molecule has 1 aromatic carbocycles. The predicted octanol–water partition coefficient (Wildman–Crippen LogP) is 1.94. The molecule has 1 aliphatic heterocycles. The first-order valence-corrected chi connectivity index (χ1v) is 10.5. The number of amides is 1. The van der Waals surface area contributed by atoms with Crippen LogP contribution in [0.1, 0.15) is 12.8 Å². The van der Waals surface area contributed by atoms with Crippen LogP contribution in [0, 0.1) is 17.6 Å². The largest absolute Gasteiger partial charge is 0.455 e. The smallest absolute Gasteiger partial charge is 0.309 e. The summed E-state index contributed by atoms with van der Waals surface area (Å²) in [5.41, 5.74) is 0.0314. The van der Waals surface area contributed by atoms with Gasteiger partial charge in [-0.25, -0.2) is 17.2 Å². The van der Waals surface area contributed by atoms with Gasteiger partial charge in [-0.3, -0.25) is 14.6 Å². The van der Waals surface area contributed by atoms with E-state index in [1.165, 1.54) is 34.9 Å². The number of sulfonamides is 1. The minimum absolute atomic E-state index is 0.0314. The molecule has 8 nitrogen and oxygen atoms in total. The van der Waals surface area contributed by atoms with Crippen molar-refractivity contribution in [1.82, 2.24) is 9.29 Å². The van der Waals surface area contributed by atoms with Gasteiger partial charge in [-0.2, -0.15) is 4.31 Å². The monoisotopic (exact) mass is 439 g/mol. The highest BCUT2D eigenvalue weighted by molar-refractivity contribution is 7.89. The van der Waals surface area contributed by atoms with Gasteiger partial charge in [0.05, 0.1) is 5.92 Å². The molecule has 0 aliphatic carbocycles. The normalized spacial score (nSPS) is 15.5. The zero-order valence-electron chi connectivity index (χ0n) is 15.8. The zero-order chi connectivity index (χ0) is 21.7. The van der Waals surface area contributed by atoms with Crippen LogP contribution in [0.2, 0.25) is 0 Å². The van der Waals surface area contributed by atoms with Gasteiger partial charge in [0.15, 0.2) is 18.2 Å². The summed E-state index contributed by atoms with van der Waals surface area (Å²) in [6.45, 7) is -0.317. The van der Waals surface area contributed by atoms with Crippen LogP contribution in [0.15, 0.2) is 47.6 Å². The van der Waals surface area contributed by atoms with Gasteiger partial charge < -0.3 is 10.1 Å². The van der Waals surface area contributed by atoms with Crippen molar-refractivity contribution in [3.8, 4) is 0 Å². The molecule has 1 saturated heterocycles. The molecule has 0 bridgehead atoms. The minimum Gasteiger partial charge on any atom is -0.455 e. The molecule has 160 valence electrons. The number of hydrogen-bond acceptors (Lipinski definition) is 6. The molecule has 2 heterocycles. The van der Waals surface area contributed by atoms with E-state index in [0.717, 1.165) is 12.1 Å². The molecule has 0 unspecified atom stereocenters. The number of rotatable bonds is 6. The summed E-state index contributed by atoms with van der Waals surface area (Å²) >= 11 is 0. The number of halogens is 2. The Balaban J connectivity index is 1.47. The van der Waals surface area contributed by atoms with E-state index in [4.69, 9.17) is 4.74 Å². The Morgan fingerprint density at radius 3 is 2.53 bits per heavy atom. The molecule has 1 amide bonds. The molecule has 0 radical (unpaired) electrons. The van der Waals surface area contributed by atoms with E-state index in [1.807, 2.05) is 0 Å². The predicted molar refractivity (Wildman–Crippen MR) is 102 cm³/mol. The van der Waals surface area contributed by atoms with Crippen molar-refractivity contribution in [3.63, 3.8) is 0 Å². The Morgan fingerprint density at radius 1 is 1.17 bits per heavy atom. The van der Waals surface area contributed by atoms with Crippen LogP contribution >= 0.6 is 0 Å². The molecule has 1 fully saturated rings. The molecule has 1 aromatic heterocycles. The summed E-state index contributed by atoms with van der Waals surface area (Å²) in [7, 11) is -3.68. The van der Waals surface area contributed by atoms with Crippen LogP contribution in [0.5, 0.6) is 0 Å². The van der Waals surface area contributed by atoms with Crippen LogP contribution in [-0.4, -0.2) is 49.3 Å². The maximum absolute atomic E-state index is 13.1. The van der Waals surface area contributed by atoms with Gasteiger partial charge in [0.1, 0.15) is 4.90 Å². The highest BCUT2D eigenvalue weighted by Gasteiger charge is 2.33. The lowest BCUT2D eigenvalue weighted by atomic mass is 9.98. The Kier molecular flexibility index (Phi) is 6.73. The molecule has 3 rings (SSSR count). The summed E-state index contributed by atoms with van der Waals surface area (Å²) in [5, 5.41) is 2.30. The molecular weight excluding hydrogens is 420 g/mol. The van der Waals surface area contributed by atoms with Crippen molar-refractivity contribution < 1.29 is 31.5 Å². The lowest BCUT2D eigenvalue weighted by molar-refractivity contribution is -0.152. The topological polar surface area (TPSA) is 106 Å². The van der Waals surface area contributed by atoms with Crippen molar-refractivity contribution in [1.29, 1.82) is 0 Å². The molecule has 0 atom stereocenters. The first-order chi connectivity index (χ1) is 14.3. The van der Waals surface area contributed by atoms with Crippen molar-refractivity contribution in [3.05, 3.63) is 54.4 Å². The zero-order valence-corrected chi connectivity index (χ0v) is 16.6. The number of esters is 1. The van der Waals surface area contributed by atoms with E-state index >= 15 is 0 Å². The molecule has 11 heteroatoms. The van der Waals surface area contributed by atoms with E-state index in [2.05, 4.69) is 10.3 Å². The number of hydrogen-bond donors (Lipinski definition) is 1. The fourth-order valence-corrected chi connectivity index (χ4v) is 4.44. The third-order valence-corrected chi connectivity index (χ3v) is 6.49. The van der Waals surface area contributed by atoms with Gasteiger partial charge in [-0.15, -0.1) is 0 Å². The number of ether oxygens (including phenoxy) is 1. The average molecular weight is 439 g/mol. The third-order valence-electron chi connectivity index (χ3n) is 4.61. The van der Waals surface area contributed by atoms with E-state index in [9.17, 15) is 26.8 Å². The summed E-state index contributed by atoms with van der Waals surface area (Å²) in [5.74, 6) is -4.02. The van der Waals surface area contributed by atoms with E-state index in [-0.39, 0.29) is 36.5 Å². The summed E-state index contributed by atoms with van der Waals surface area (Å²) in [6, 6.07) is 5.84. The number of nitrogens with zero attached hydrogens (tertiary/aromatic N) is 2. The fraction of sp³-hybridized carbons (Fsp3) is 0.316. The van der Waals surface area contributed by atoms with E-state index in [1.54, 1.807) is 0 Å². The second-order valence-corrected chi connectivity index (χ2v) is 8.59. The molecule has 0 saturated carbocycles. The van der Waals surface area contributed by atoms with Gasteiger partial charge >= 0.3 is 5.97 Å². The number of nitrogens with one attached hydrogen (secondary N) is 1. The molecule has 1 N–H and O–H groups in total. The van der Waals surface area contributed by atoms with Crippen LogP contribution < -0.4 is 5.32 Å². The number of piperidine rings is 1. The van der Waals surface area contributed by atoms with Crippen molar-refractivity contribution in [2.24, 2.45) is 5.92 Å². The Morgan fingerprint density at radius 2 is 1.90 bits per heavy atom. The number of pyridine rings is 1. The lowest BCUT2D eigenvalue weighted by Crippen LogP contribution is -2.40. The minimum atomic E-state index is -3.68. The third kappa shape index (κ3) is 5.16. The molecule has 1 aliphatic rings. The number of benzene rings is 1. The van der Waals surface area contributed by atoms with E-state index < -0.39 is 46.1 Å². The second-order valence-electron chi connectivity index (χ2n) is 6.65. The number of carbonyl (C=O) groups excluding carboxylic acids is 2. The van der Waals surface area contributed by atoms with Crippen LogP contribution in [0.25, 0.3) is 0 Å². The van der Waals surface area contributed by atoms with Gasteiger partial charge in [0.2, 0.25) is 10.0 Å². The van der Waals surface area contributed by atoms with Crippen molar-refractivity contribution in [2.45, 2.75) is 17.7 Å². The van der Waals surface area contributed by atoms with Crippen LogP contribution in [-0.2, 0) is 24.3 Å². The summed E-state index contributed by atoms with van der Waals surface area (Å²) in [4.78, 5) is 27.9. The molecule has 2 aromatic rings. The van der Waals surface area contributed by atoms with Gasteiger partial charge in [0.25, 0.3) is 5.91 Å². The fourth-order valence-electron chi connectivity index (χ4n) is 3.01. The Labute approximate surface area is 171 Å². The number of aromatic nitrogens is 1. The Bertz CT molecular complexity index is 1030. The standard InChI is InChI=1S/C19H19F2N3O5S/c20-16-4-3-14(10-17(16)21)23-18(25)12-29-19(26)13-5-8-24(9-6-13)30(27,28)15-2-1-7-22-11-15/h1-4,7,10-11,13H,5-6,8-9,12H2,(H,23,25). The lowest BCUT2D eigenvalue weighted by Gasteiger charge is -2.29. The maximum atomic E-state index is 13.1. The van der Waals surface area contributed by atoms with Gasteiger partial charge in [-0.1, -0.05) is 0 Å². The molecule has 0 spiro atoms. The summed E-state index contributed by atoms with van der Waals surface area (Å²) < 4.78 is 57.4. The van der Waals surface area contributed by atoms with Crippen LogP contribution in [0.4, 0.5) is 14.5 Å². The average Bonchev–Trinajstić information content (AvgIpc) is 2.75. The SMILES string of the molecule is O=C(COC(=O)C1CCN(S(=O)(=O)c2cccnc2)CC1)Nc1ccc(F)c(F)c1. The first kappa shape index (κ1) is 21.8. The number of carbonyl (C=O) groups is 2. The van der Waals surface area contributed by atoms with E-state index in [0.29, 0.717) is 0 Å². The van der Waals surface area contributed by atoms with Crippen molar-refractivity contribution >= 4 is 27.6 Å². The van der Waals surface area contributed by atoms with Crippen molar-refractivity contribution in [2.75, 3.05) is 25.0 Å². The highest BCUT2D eigenvalue weighted by atomic mass is 32.2. The quantitative estimate of drug-likeness (QED) is 0.690. The summed E-state index contributed by atoms with van der Waals surface area (Å²) in [6.07, 6.45) is 3.25. The molecular formula is C19H19F2N3O5S. The second kappa shape index (κ2) is 9.26. The number of anilines is 1. The first-order valence-electron chi connectivity index (χ1n) is 9.09. The van der Waals surface area contributed by atoms with Gasteiger partial charge in [-0.05, 0) is 37.1 Å². The highest BCUT2D eigenvalue weighted by Crippen LogP contribution is 2.24. The maximum Gasteiger partial charge on any atom is 0.309 e. The van der Waals surface area contributed by atoms with Gasteiger partial charge in [0, 0.05) is 37.2 Å².